The van der Waals surface area contributed by atoms with Crippen LogP contribution < -0.4 is 10.6 Å². The van der Waals surface area contributed by atoms with Crippen LogP contribution in [0.5, 0.6) is 0 Å². The molecule has 1 amide bonds. The van der Waals surface area contributed by atoms with Crippen LogP contribution >= 0.6 is 0 Å². The summed E-state index contributed by atoms with van der Waals surface area (Å²) in [5.41, 5.74) is 0. The maximum Gasteiger partial charge on any atom is 0.326 e. The van der Waals surface area contributed by atoms with Gasteiger partial charge in [0.15, 0.2) is 0 Å². The standard InChI is InChI=1S/C11H20N2O5/c1-7(6-12-2)10(15)13-8(11(16)17)4-5-9(14)18-3/h7-8,12H,4-6H2,1-3H3,(H,13,15)(H,16,17)/t7?,8-/m0/s1. The summed E-state index contributed by atoms with van der Waals surface area (Å²) in [6.45, 7) is 2.14. The largest absolute Gasteiger partial charge is 0.480 e. The third kappa shape index (κ3) is 6.19. The van der Waals surface area contributed by atoms with Gasteiger partial charge >= 0.3 is 11.9 Å². The van der Waals surface area contributed by atoms with Gasteiger partial charge in [-0.3, -0.25) is 9.59 Å². The van der Waals surface area contributed by atoms with Crippen LogP contribution in [0.15, 0.2) is 0 Å². The third-order valence-electron chi connectivity index (χ3n) is 2.44. The van der Waals surface area contributed by atoms with E-state index in [1.54, 1.807) is 14.0 Å². The number of carbonyl (C=O) groups excluding carboxylic acids is 2. The fourth-order valence-electron chi connectivity index (χ4n) is 1.33. The molecule has 7 heteroatoms. The van der Waals surface area contributed by atoms with Gasteiger partial charge in [-0.1, -0.05) is 6.92 Å². The van der Waals surface area contributed by atoms with Crippen molar-refractivity contribution < 1.29 is 24.2 Å². The number of hydrogen-bond donors (Lipinski definition) is 3. The molecule has 0 saturated carbocycles. The highest BCUT2D eigenvalue weighted by Crippen LogP contribution is 2.02. The molecule has 0 bridgehead atoms. The van der Waals surface area contributed by atoms with E-state index in [0.29, 0.717) is 6.54 Å². The van der Waals surface area contributed by atoms with Crippen molar-refractivity contribution in [1.82, 2.24) is 10.6 Å². The van der Waals surface area contributed by atoms with Crippen molar-refractivity contribution in [2.45, 2.75) is 25.8 Å². The fourth-order valence-corrected chi connectivity index (χ4v) is 1.33. The number of methoxy groups -OCH3 is 1. The minimum absolute atomic E-state index is 0.0139. The molecule has 104 valence electrons. The van der Waals surface area contributed by atoms with Crippen molar-refractivity contribution in [2.75, 3.05) is 20.7 Å². The Morgan fingerprint density at radius 1 is 1.33 bits per heavy atom. The molecule has 0 fully saturated rings. The predicted octanol–water partition coefficient (Wildman–Crippen LogP) is -0.635. The maximum atomic E-state index is 11.6. The first-order valence-electron chi connectivity index (χ1n) is 5.67. The predicted molar refractivity (Wildman–Crippen MR) is 63.9 cm³/mol. The Morgan fingerprint density at radius 3 is 2.39 bits per heavy atom. The third-order valence-corrected chi connectivity index (χ3v) is 2.44. The van der Waals surface area contributed by atoms with Crippen LogP contribution in [0.2, 0.25) is 0 Å². The van der Waals surface area contributed by atoms with Crippen LogP contribution in [0.1, 0.15) is 19.8 Å². The van der Waals surface area contributed by atoms with Gasteiger partial charge in [0.05, 0.1) is 7.11 Å². The Morgan fingerprint density at radius 2 is 1.94 bits per heavy atom. The fraction of sp³-hybridized carbons (Fsp3) is 0.727. The van der Waals surface area contributed by atoms with Crippen molar-refractivity contribution in [3.8, 4) is 0 Å². The van der Waals surface area contributed by atoms with Gasteiger partial charge in [-0.15, -0.1) is 0 Å². The number of esters is 1. The van der Waals surface area contributed by atoms with Gasteiger partial charge in [-0.05, 0) is 13.5 Å². The normalized spacial score (nSPS) is 13.5. The SMILES string of the molecule is CNCC(C)C(=O)N[C@@H](CCC(=O)OC)C(=O)O. The summed E-state index contributed by atoms with van der Waals surface area (Å²) in [4.78, 5) is 33.5. The van der Waals surface area contributed by atoms with Gasteiger partial charge in [0.2, 0.25) is 5.91 Å². The van der Waals surface area contributed by atoms with Crippen LogP contribution in [0.25, 0.3) is 0 Å². The molecule has 7 nitrogen and oxygen atoms in total. The molecule has 0 saturated heterocycles. The van der Waals surface area contributed by atoms with E-state index in [2.05, 4.69) is 15.4 Å². The highest BCUT2D eigenvalue weighted by molar-refractivity contribution is 5.85. The zero-order valence-electron chi connectivity index (χ0n) is 10.9. The molecule has 0 aromatic rings. The van der Waals surface area contributed by atoms with Gasteiger partial charge in [-0.2, -0.15) is 0 Å². The molecule has 2 atom stereocenters. The summed E-state index contributed by atoms with van der Waals surface area (Å²) < 4.78 is 4.42. The van der Waals surface area contributed by atoms with Crippen LogP contribution in [-0.4, -0.2) is 49.7 Å². The summed E-state index contributed by atoms with van der Waals surface area (Å²) >= 11 is 0. The average Bonchev–Trinajstić information content (AvgIpc) is 2.33. The van der Waals surface area contributed by atoms with E-state index >= 15 is 0 Å². The van der Waals surface area contributed by atoms with Crippen molar-refractivity contribution in [3.63, 3.8) is 0 Å². The van der Waals surface area contributed by atoms with Crippen molar-refractivity contribution in [2.24, 2.45) is 5.92 Å². The lowest BCUT2D eigenvalue weighted by molar-refractivity contribution is -0.144. The highest BCUT2D eigenvalue weighted by atomic mass is 16.5. The summed E-state index contributed by atoms with van der Waals surface area (Å²) in [5.74, 6) is -2.36. The second-order valence-electron chi connectivity index (χ2n) is 3.97. The molecule has 0 aromatic heterocycles. The summed E-state index contributed by atoms with van der Waals surface area (Å²) in [5, 5.41) is 14.2. The molecular weight excluding hydrogens is 240 g/mol. The quantitative estimate of drug-likeness (QED) is 0.502. The first-order valence-corrected chi connectivity index (χ1v) is 5.67. The number of carbonyl (C=O) groups is 3. The second kappa shape index (κ2) is 8.46. The van der Waals surface area contributed by atoms with Crippen LogP contribution in [-0.2, 0) is 19.1 Å². The number of nitrogens with one attached hydrogen (secondary N) is 2. The van der Waals surface area contributed by atoms with Crippen molar-refractivity contribution >= 4 is 17.8 Å². The Bertz CT molecular complexity index is 306. The Labute approximate surface area is 106 Å². The van der Waals surface area contributed by atoms with Crippen LogP contribution in [0.4, 0.5) is 0 Å². The Balaban J connectivity index is 4.31. The van der Waals surface area contributed by atoms with Crippen LogP contribution in [0, 0.1) is 5.92 Å². The number of hydrogen-bond acceptors (Lipinski definition) is 5. The van der Waals surface area contributed by atoms with Crippen molar-refractivity contribution in [3.05, 3.63) is 0 Å². The minimum Gasteiger partial charge on any atom is -0.480 e. The summed E-state index contributed by atoms with van der Waals surface area (Å²) in [6.07, 6.45) is -0.0336. The molecule has 0 radical (unpaired) electrons. The number of carboxylic acid groups (broad SMARTS) is 1. The monoisotopic (exact) mass is 260 g/mol. The van der Waals surface area contributed by atoms with Gasteiger partial charge in [0.1, 0.15) is 6.04 Å². The Kier molecular flexibility index (Phi) is 7.69. The van der Waals surface area contributed by atoms with E-state index in [-0.39, 0.29) is 24.7 Å². The molecular formula is C11H20N2O5. The number of amides is 1. The summed E-state index contributed by atoms with van der Waals surface area (Å²) in [6, 6.07) is -1.07. The van der Waals surface area contributed by atoms with E-state index in [1.807, 2.05) is 0 Å². The number of carboxylic acids is 1. The average molecular weight is 260 g/mol. The second-order valence-corrected chi connectivity index (χ2v) is 3.97. The molecule has 3 N–H and O–H groups in total. The number of aliphatic carboxylic acids is 1. The topological polar surface area (TPSA) is 105 Å². The smallest absolute Gasteiger partial charge is 0.326 e. The van der Waals surface area contributed by atoms with Gasteiger partial charge in [0.25, 0.3) is 0 Å². The van der Waals surface area contributed by atoms with E-state index in [1.165, 1.54) is 7.11 Å². The maximum absolute atomic E-state index is 11.6. The lowest BCUT2D eigenvalue weighted by Gasteiger charge is -2.17. The van der Waals surface area contributed by atoms with E-state index in [4.69, 9.17) is 5.11 Å². The van der Waals surface area contributed by atoms with E-state index < -0.39 is 18.0 Å². The van der Waals surface area contributed by atoms with E-state index in [0.717, 1.165) is 0 Å². The minimum atomic E-state index is -1.16. The zero-order valence-corrected chi connectivity index (χ0v) is 10.9. The highest BCUT2D eigenvalue weighted by Gasteiger charge is 2.23. The lowest BCUT2D eigenvalue weighted by atomic mass is 10.1. The molecule has 0 rings (SSSR count). The van der Waals surface area contributed by atoms with Crippen molar-refractivity contribution in [1.29, 1.82) is 0 Å². The van der Waals surface area contributed by atoms with Crippen LogP contribution in [0.3, 0.4) is 0 Å². The molecule has 0 heterocycles. The van der Waals surface area contributed by atoms with Gasteiger partial charge in [-0.25, -0.2) is 4.79 Å². The molecule has 0 aliphatic rings. The van der Waals surface area contributed by atoms with Gasteiger partial charge < -0.3 is 20.5 Å². The first-order chi connectivity index (χ1) is 8.42. The molecule has 0 aromatic carbocycles. The number of ether oxygens (including phenoxy) is 1. The number of rotatable bonds is 8. The molecule has 0 spiro atoms. The molecule has 18 heavy (non-hydrogen) atoms. The molecule has 0 aliphatic heterocycles. The Hall–Kier alpha value is -1.63. The van der Waals surface area contributed by atoms with Gasteiger partial charge in [0, 0.05) is 18.9 Å². The lowest BCUT2D eigenvalue weighted by Crippen LogP contribution is -2.45. The first kappa shape index (κ1) is 16.4. The van der Waals surface area contributed by atoms with E-state index in [9.17, 15) is 14.4 Å². The molecule has 0 aliphatic carbocycles. The summed E-state index contributed by atoms with van der Waals surface area (Å²) in [7, 11) is 2.93. The zero-order chi connectivity index (χ0) is 14.1. The molecule has 1 unspecified atom stereocenters.